The van der Waals surface area contributed by atoms with Gasteiger partial charge in [0.2, 0.25) is 0 Å². The van der Waals surface area contributed by atoms with Crippen molar-refractivity contribution in [2.45, 2.75) is 6.04 Å². The Kier molecular flexibility index (Phi) is 3.70. The van der Waals surface area contributed by atoms with Crippen molar-refractivity contribution in [3.8, 4) is 0 Å². The largest absolute Gasteiger partial charge is 0.371 e. The number of piperidine rings is 1. The molecule has 0 spiro atoms. The zero-order chi connectivity index (χ0) is 16.0. The van der Waals surface area contributed by atoms with Crippen LogP contribution in [0, 0.1) is 11.8 Å². The third-order valence-electron chi connectivity index (χ3n) is 4.79. The van der Waals surface area contributed by atoms with E-state index < -0.39 is 0 Å². The lowest BCUT2D eigenvalue weighted by Gasteiger charge is -2.22. The lowest BCUT2D eigenvalue weighted by molar-refractivity contribution is 0.0947. The highest BCUT2D eigenvalue weighted by Gasteiger charge is 2.56. The summed E-state index contributed by atoms with van der Waals surface area (Å²) in [5.41, 5.74) is 1.82. The molecule has 2 aliphatic rings. The summed E-state index contributed by atoms with van der Waals surface area (Å²) in [6.45, 7) is 2.00. The minimum atomic E-state index is -0.0748. The van der Waals surface area contributed by atoms with E-state index in [0.29, 0.717) is 27.4 Å². The maximum Gasteiger partial charge on any atom is 0.251 e. The lowest BCUT2D eigenvalue weighted by Crippen LogP contribution is -2.34. The van der Waals surface area contributed by atoms with E-state index in [-0.39, 0.29) is 11.9 Å². The number of hydrogen-bond donors (Lipinski definition) is 1. The van der Waals surface area contributed by atoms with Gasteiger partial charge in [0, 0.05) is 42.2 Å². The molecule has 1 N–H and O–H groups in total. The molecule has 5 heteroatoms. The van der Waals surface area contributed by atoms with Crippen LogP contribution in [0.3, 0.4) is 0 Å². The van der Waals surface area contributed by atoms with Gasteiger partial charge in [-0.05, 0) is 30.3 Å². The number of fused-ring (bicyclic) bond motifs is 1. The quantitative estimate of drug-likeness (QED) is 0.915. The van der Waals surface area contributed by atoms with Crippen molar-refractivity contribution in [3.63, 3.8) is 0 Å². The van der Waals surface area contributed by atoms with Gasteiger partial charge < -0.3 is 10.2 Å². The number of rotatable bonds is 3. The number of halogens is 2. The van der Waals surface area contributed by atoms with E-state index in [1.807, 2.05) is 6.07 Å². The molecule has 1 amide bonds. The molecule has 1 unspecified atom stereocenters. The smallest absolute Gasteiger partial charge is 0.251 e. The molecule has 1 saturated carbocycles. The van der Waals surface area contributed by atoms with Crippen LogP contribution in [0.25, 0.3) is 0 Å². The van der Waals surface area contributed by atoms with Gasteiger partial charge in [-0.3, -0.25) is 4.79 Å². The third kappa shape index (κ3) is 2.79. The summed E-state index contributed by atoms with van der Waals surface area (Å²) in [5.74, 6) is 1.01. The Morgan fingerprint density at radius 3 is 2.35 bits per heavy atom. The zero-order valence-electron chi connectivity index (χ0n) is 12.4. The van der Waals surface area contributed by atoms with Crippen LogP contribution < -0.4 is 10.2 Å². The van der Waals surface area contributed by atoms with Crippen LogP contribution in [-0.2, 0) is 0 Å². The Labute approximate surface area is 145 Å². The van der Waals surface area contributed by atoms with Crippen LogP contribution in [0.2, 0.25) is 10.0 Å². The minimum Gasteiger partial charge on any atom is -0.371 e. The molecular formula is C18H16Cl2N2O. The van der Waals surface area contributed by atoms with Crippen LogP contribution in [0.1, 0.15) is 10.4 Å². The Morgan fingerprint density at radius 2 is 1.70 bits per heavy atom. The summed E-state index contributed by atoms with van der Waals surface area (Å²) in [6, 6.07) is 15.7. The van der Waals surface area contributed by atoms with Crippen LogP contribution in [0.15, 0.2) is 48.5 Å². The number of amides is 1. The van der Waals surface area contributed by atoms with Crippen molar-refractivity contribution < 1.29 is 4.79 Å². The first-order chi connectivity index (χ1) is 11.1. The van der Waals surface area contributed by atoms with Gasteiger partial charge in [0.15, 0.2) is 0 Å². The molecule has 1 heterocycles. The maximum atomic E-state index is 12.3. The molecule has 1 aliphatic heterocycles. The van der Waals surface area contributed by atoms with Crippen molar-refractivity contribution in [1.82, 2.24) is 5.32 Å². The number of para-hydroxylation sites is 1. The Balaban J connectivity index is 1.36. The molecule has 2 fully saturated rings. The standard InChI is InChI=1S/C18H16Cl2N2O/c19-15-7-6-11(8-16(15)20)18(23)21-17-13-9-22(10-14(13)17)12-4-2-1-3-5-12/h1-8,13-14,17H,9-10H2,(H,21,23)/t13-,14+,17?. The summed E-state index contributed by atoms with van der Waals surface area (Å²) >= 11 is 11.9. The Hall–Kier alpha value is -1.71. The van der Waals surface area contributed by atoms with Crippen molar-refractivity contribution in [1.29, 1.82) is 0 Å². The van der Waals surface area contributed by atoms with Crippen LogP contribution in [0.5, 0.6) is 0 Å². The number of carbonyl (C=O) groups excluding carboxylic acids is 1. The highest BCUT2D eigenvalue weighted by molar-refractivity contribution is 6.42. The van der Waals surface area contributed by atoms with Crippen molar-refractivity contribution in [2.75, 3.05) is 18.0 Å². The van der Waals surface area contributed by atoms with Crippen molar-refractivity contribution in [2.24, 2.45) is 11.8 Å². The second-order valence-corrected chi connectivity index (χ2v) is 7.01. The van der Waals surface area contributed by atoms with Crippen molar-refractivity contribution >= 4 is 34.8 Å². The van der Waals surface area contributed by atoms with E-state index in [1.54, 1.807) is 18.2 Å². The van der Waals surface area contributed by atoms with Crippen LogP contribution >= 0.6 is 23.2 Å². The van der Waals surface area contributed by atoms with Gasteiger partial charge in [0.05, 0.1) is 10.0 Å². The summed E-state index contributed by atoms with van der Waals surface area (Å²) in [6.07, 6.45) is 0. The molecule has 2 aromatic carbocycles. The fourth-order valence-corrected chi connectivity index (χ4v) is 3.76. The first-order valence-corrected chi connectivity index (χ1v) is 8.45. The Morgan fingerprint density at radius 1 is 1.00 bits per heavy atom. The number of anilines is 1. The maximum absolute atomic E-state index is 12.3. The van der Waals surface area contributed by atoms with Gasteiger partial charge in [-0.25, -0.2) is 0 Å². The average Bonchev–Trinajstić information content (AvgIpc) is 3.01. The van der Waals surface area contributed by atoms with E-state index in [4.69, 9.17) is 23.2 Å². The third-order valence-corrected chi connectivity index (χ3v) is 5.53. The molecule has 118 valence electrons. The second kappa shape index (κ2) is 5.73. The van der Waals surface area contributed by atoms with E-state index in [0.717, 1.165) is 13.1 Å². The van der Waals surface area contributed by atoms with Gasteiger partial charge >= 0.3 is 0 Å². The highest BCUT2D eigenvalue weighted by Crippen LogP contribution is 2.46. The second-order valence-electron chi connectivity index (χ2n) is 6.20. The number of nitrogens with zero attached hydrogens (tertiary/aromatic N) is 1. The normalized spacial score (nSPS) is 25.1. The summed E-state index contributed by atoms with van der Waals surface area (Å²) in [5, 5.41) is 3.99. The Bertz CT molecular complexity index is 738. The summed E-state index contributed by atoms with van der Waals surface area (Å²) in [4.78, 5) is 14.7. The molecule has 3 nitrogen and oxygen atoms in total. The fraction of sp³-hybridized carbons (Fsp3) is 0.278. The van der Waals surface area contributed by atoms with Gasteiger partial charge in [0.25, 0.3) is 5.91 Å². The topological polar surface area (TPSA) is 32.3 Å². The molecule has 23 heavy (non-hydrogen) atoms. The molecular weight excluding hydrogens is 331 g/mol. The van der Waals surface area contributed by atoms with Gasteiger partial charge in [0.1, 0.15) is 0 Å². The molecule has 0 radical (unpaired) electrons. The SMILES string of the molecule is O=C(NC1[C@H]2CN(c3ccccc3)C[C@@H]12)c1ccc(Cl)c(Cl)c1. The molecule has 0 aromatic heterocycles. The van der Waals surface area contributed by atoms with E-state index in [9.17, 15) is 4.79 Å². The number of carbonyl (C=O) groups is 1. The van der Waals surface area contributed by atoms with E-state index >= 15 is 0 Å². The van der Waals surface area contributed by atoms with E-state index in [2.05, 4.69) is 34.5 Å². The van der Waals surface area contributed by atoms with Crippen molar-refractivity contribution in [3.05, 3.63) is 64.1 Å². The number of benzene rings is 2. The van der Waals surface area contributed by atoms with Gasteiger partial charge in [-0.1, -0.05) is 41.4 Å². The molecule has 1 aliphatic carbocycles. The summed E-state index contributed by atoms with van der Waals surface area (Å²) < 4.78 is 0. The monoisotopic (exact) mass is 346 g/mol. The number of hydrogen-bond acceptors (Lipinski definition) is 2. The lowest BCUT2D eigenvalue weighted by atomic mass is 10.2. The first-order valence-electron chi connectivity index (χ1n) is 7.69. The fourth-order valence-electron chi connectivity index (χ4n) is 3.46. The summed E-state index contributed by atoms with van der Waals surface area (Å²) in [7, 11) is 0. The van der Waals surface area contributed by atoms with Gasteiger partial charge in [-0.15, -0.1) is 0 Å². The molecule has 1 saturated heterocycles. The highest BCUT2D eigenvalue weighted by atomic mass is 35.5. The van der Waals surface area contributed by atoms with Crippen LogP contribution in [-0.4, -0.2) is 25.0 Å². The van der Waals surface area contributed by atoms with Crippen LogP contribution in [0.4, 0.5) is 5.69 Å². The zero-order valence-corrected chi connectivity index (χ0v) is 13.9. The predicted octanol–water partition coefficient (Wildman–Crippen LogP) is 3.86. The predicted molar refractivity (Wildman–Crippen MR) is 93.4 cm³/mol. The molecule has 0 bridgehead atoms. The van der Waals surface area contributed by atoms with Gasteiger partial charge in [-0.2, -0.15) is 0 Å². The minimum absolute atomic E-state index is 0.0748. The first kappa shape index (κ1) is 14.9. The van der Waals surface area contributed by atoms with E-state index in [1.165, 1.54) is 5.69 Å². The molecule has 3 atom stereocenters. The molecule has 2 aromatic rings. The number of nitrogens with one attached hydrogen (secondary N) is 1. The average molecular weight is 347 g/mol. The molecule has 4 rings (SSSR count).